The largest absolute Gasteiger partial charge is 0.381 e. The number of aromatic nitrogens is 4. The minimum atomic E-state index is -0.566. The van der Waals surface area contributed by atoms with Crippen LogP contribution in [-0.2, 0) is 6.54 Å². The van der Waals surface area contributed by atoms with Crippen molar-refractivity contribution in [1.29, 1.82) is 0 Å². The third-order valence-electron chi connectivity index (χ3n) is 2.70. The Balaban J connectivity index is 1.78. The molecule has 106 valence electrons. The summed E-state index contributed by atoms with van der Waals surface area (Å²) in [6.07, 6.45) is 2.64. The molecule has 3 rings (SSSR count). The lowest BCUT2D eigenvalue weighted by atomic mass is 10.2. The van der Waals surface area contributed by atoms with Gasteiger partial charge in [-0.3, -0.25) is 0 Å². The summed E-state index contributed by atoms with van der Waals surface area (Å²) in [5.41, 5.74) is 0.769. The van der Waals surface area contributed by atoms with Gasteiger partial charge in [0.05, 0.1) is 0 Å². The van der Waals surface area contributed by atoms with Crippen molar-refractivity contribution in [2.45, 2.75) is 6.54 Å². The fraction of sp³-hybridized carbons (Fsp3) is 0.0833. The summed E-state index contributed by atoms with van der Waals surface area (Å²) in [4.78, 5) is 17.9. The third-order valence-corrected chi connectivity index (χ3v) is 2.95. The monoisotopic (exact) mass is 305 g/mol. The van der Waals surface area contributed by atoms with Crippen molar-refractivity contribution in [1.82, 2.24) is 19.7 Å². The zero-order valence-electron chi connectivity index (χ0n) is 10.5. The van der Waals surface area contributed by atoms with Crippen LogP contribution in [-0.4, -0.2) is 24.6 Å². The van der Waals surface area contributed by atoms with Crippen LogP contribution in [0.4, 0.5) is 5.82 Å². The molecule has 0 aliphatic carbocycles. The molecular weight excluding hydrogens is 298 g/mol. The third kappa shape index (κ3) is 2.90. The molecule has 0 aliphatic rings. The number of imidazole rings is 1. The van der Waals surface area contributed by atoms with Gasteiger partial charge in [0.15, 0.2) is 0 Å². The maximum Gasteiger partial charge on any atom is 0.381 e. The van der Waals surface area contributed by atoms with Gasteiger partial charge in [-0.2, -0.15) is 4.98 Å². The Labute approximate surface area is 123 Å². The summed E-state index contributed by atoms with van der Waals surface area (Å²) in [5, 5.41) is 15.0. The molecule has 0 radical (unpaired) electrons. The summed E-state index contributed by atoms with van der Waals surface area (Å²) in [5.74, 6) is 0.524. The number of hydrogen-bond donors (Lipinski definition) is 0. The highest BCUT2D eigenvalue weighted by atomic mass is 35.5. The van der Waals surface area contributed by atoms with E-state index in [2.05, 4.69) is 15.1 Å². The molecule has 0 atom stereocenters. The Morgan fingerprint density at radius 3 is 2.76 bits per heavy atom. The van der Waals surface area contributed by atoms with Gasteiger partial charge in [0.25, 0.3) is 0 Å². The summed E-state index contributed by atoms with van der Waals surface area (Å²) in [6.45, 7) is 0.210. The van der Waals surface area contributed by atoms with Crippen LogP contribution in [0.15, 0.2) is 41.3 Å². The molecule has 8 nitrogen and oxygen atoms in total. The van der Waals surface area contributed by atoms with Gasteiger partial charge in [-0.25, -0.2) is 0 Å². The van der Waals surface area contributed by atoms with Crippen LogP contribution in [0, 0.1) is 10.1 Å². The number of nitrogens with zero attached hydrogens (tertiary/aromatic N) is 5. The minimum absolute atomic E-state index is 0.210. The molecule has 2 aromatic heterocycles. The number of halogens is 1. The summed E-state index contributed by atoms with van der Waals surface area (Å²) < 4.78 is 6.61. The number of hydrogen-bond acceptors (Lipinski definition) is 6. The highest BCUT2D eigenvalue weighted by Gasteiger charge is 2.13. The maximum atomic E-state index is 10.6. The van der Waals surface area contributed by atoms with Crippen molar-refractivity contribution in [3.63, 3.8) is 0 Å². The molecule has 9 heteroatoms. The van der Waals surface area contributed by atoms with Crippen molar-refractivity contribution in [3.8, 4) is 11.4 Å². The van der Waals surface area contributed by atoms with Crippen LogP contribution in [0.2, 0.25) is 5.02 Å². The number of rotatable bonds is 4. The quantitative estimate of drug-likeness (QED) is 0.542. The smallest absolute Gasteiger partial charge is 0.358 e. The first-order chi connectivity index (χ1) is 10.1. The standard InChI is InChI=1S/C12H8ClN5O3/c13-9-3-1-8(2-4-9)12-15-11(21-16-12)6-17-5-10(14-7-17)18(19)20/h1-5,7H,6H2. The van der Waals surface area contributed by atoms with E-state index in [1.165, 1.54) is 17.1 Å². The first kappa shape index (κ1) is 13.3. The van der Waals surface area contributed by atoms with Gasteiger partial charge in [0, 0.05) is 10.6 Å². The van der Waals surface area contributed by atoms with Gasteiger partial charge in [-0.05, 0) is 34.2 Å². The molecule has 0 saturated heterocycles. The van der Waals surface area contributed by atoms with Crippen molar-refractivity contribution in [2.24, 2.45) is 0 Å². The summed E-state index contributed by atoms with van der Waals surface area (Å²) in [7, 11) is 0. The van der Waals surface area contributed by atoms with Crippen molar-refractivity contribution < 1.29 is 9.45 Å². The molecule has 0 aliphatic heterocycles. The van der Waals surface area contributed by atoms with Crippen LogP contribution in [0.25, 0.3) is 11.4 Å². The van der Waals surface area contributed by atoms with Crippen LogP contribution >= 0.6 is 11.6 Å². The Hall–Kier alpha value is -2.74. The SMILES string of the molecule is O=[N+]([O-])c1cn(Cc2nc(-c3ccc(Cl)cc3)no2)cn1. The molecule has 1 aromatic carbocycles. The molecule has 0 bridgehead atoms. The van der Waals surface area contributed by atoms with E-state index < -0.39 is 4.92 Å². The van der Waals surface area contributed by atoms with Gasteiger partial charge < -0.3 is 19.2 Å². The van der Waals surface area contributed by atoms with Crippen LogP contribution in [0.1, 0.15) is 5.89 Å². The number of nitro groups is 1. The lowest BCUT2D eigenvalue weighted by Crippen LogP contribution is -1.96. The van der Waals surface area contributed by atoms with Crippen molar-refractivity contribution >= 4 is 17.4 Å². The predicted molar refractivity (Wildman–Crippen MR) is 72.7 cm³/mol. The highest BCUT2D eigenvalue weighted by Crippen LogP contribution is 2.19. The molecule has 0 unspecified atom stereocenters. The average Bonchev–Trinajstić information content (AvgIpc) is 3.10. The minimum Gasteiger partial charge on any atom is -0.358 e. The predicted octanol–water partition coefficient (Wildman–Crippen LogP) is 2.54. The Morgan fingerprint density at radius 2 is 2.10 bits per heavy atom. The molecule has 0 N–H and O–H groups in total. The molecule has 0 spiro atoms. The molecule has 0 fully saturated rings. The Bertz CT molecular complexity index is 780. The summed E-state index contributed by atoms with van der Waals surface area (Å²) >= 11 is 5.81. The lowest BCUT2D eigenvalue weighted by Gasteiger charge is -1.94. The van der Waals surface area contributed by atoms with Crippen LogP contribution in [0.5, 0.6) is 0 Å². The van der Waals surface area contributed by atoms with Gasteiger partial charge >= 0.3 is 5.82 Å². The normalized spacial score (nSPS) is 10.7. The Morgan fingerprint density at radius 1 is 1.33 bits per heavy atom. The van der Waals surface area contributed by atoms with Gasteiger partial charge in [0.1, 0.15) is 12.7 Å². The van der Waals surface area contributed by atoms with E-state index in [0.29, 0.717) is 16.7 Å². The van der Waals surface area contributed by atoms with Gasteiger partial charge in [-0.15, -0.1) is 0 Å². The Kier molecular flexibility index (Phi) is 3.36. The first-order valence-electron chi connectivity index (χ1n) is 5.86. The summed E-state index contributed by atoms with van der Waals surface area (Å²) in [6, 6.07) is 7.01. The molecular formula is C12H8ClN5O3. The average molecular weight is 306 g/mol. The van der Waals surface area contributed by atoms with E-state index in [-0.39, 0.29) is 12.4 Å². The van der Waals surface area contributed by atoms with Gasteiger partial charge in [-0.1, -0.05) is 16.8 Å². The van der Waals surface area contributed by atoms with Crippen molar-refractivity contribution in [2.75, 3.05) is 0 Å². The van der Waals surface area contributed by atoms with E-state index >= 15 is 0 Å². The second-order valence-corrected chi connectivity index (χ2v) is 4.62. The van der Waals surface area contributed by atoms with Crippen LogP contribution in [0.3, 0.4) is 0 Å². The molecule has 3 aromatic rings. The topological polar surface area (TPSA) is 99.9 Å². The van der Waals surface area contributed by atoms with E-state index in [4.69, 9.17) is 16.1 Å². The zero-order valence-corrected chi connectivity index (χ0v) is 11.3. The first-order valence-corrected chi connectivity index (χ1v) is 6.24. The van der Waals surface area contributed by atoms with E-state index in [1.54, 1.807) is 24.3 Å². The lowest BCUT2D eigenvalue weighted by molar-refractivity contribution is -0.389. The fourth-order valence-corrected chi connectivity index (χ4v) is 1.85. The molecule has 0 amide bonds. The van der Waals surface area contributed by atoms with E-state index in [0.717, 1.165) is 5.56 Å². The van der Waals surface area contributed by atoms with Gasteiger partial charge in [0.2, 0.25) is 18.0 Å². The maximum absolute atomic E-state index is 10.6. The second kappa shape index (κ2) is 5.33. The fourth-order valence-electron chi connectivity index (χ4n) is 1.72. The molecule has 21 heavy (non-hydrogen) atoms. The number of benzene rings is 1. The second-order valence-electron chi connectivity index (χ2n) is 4.18. The van der Waals surface area contributed by atoms with E-state index in [1.807, 2.05) is 0 Å². The van der Waals surface area contributed by atoms with Crippen LogP contribution < -0.4 is 0 Å². The molecule has 2 heterocycles. The van der Waals surface area contributed by atoms with E-state index in [9.17, 15) is 10.1 Å². The van der Waals surface area contributed by atoms with Crippen molar-refractivity contribution in [3.05, 3.63) is 57.8 Å². The zero-order chi connectivity index (χ0) is 14.8. The molecule has 0 saturated carbocycles. The highest BCUT2D eigenvalue weighted by molar-refractivity contribution is 6.30.